The van der Waals surface area contributed by atoms with Crippen molar-refractivity contribution in [2.24, 2.45) is 11.1 Å². The molecule has 3 rings (SSSR count). The summed E-state index contributed by atoms with van der Waals surface area (Å²) in [5.41, 5.74) is 7.68. The van der Waals surface area contributed by atoms with E-state index >= 15 is 0 Å². The van der Waals surface area contributed by atoms with Gasteiger partial charge >= 0.3 is 0 Å². The normalized spacial score (nSPS) is 21.8. The lowest BCUT2D eigenvalue weighted by Gasteiger charge is -2.39. The van der Waals surface area contributed by atoms with Crippen LogP contribution >= 0.6 is 12.2 Å². The van der Waals surface area contributed by atoms with Gasteiger partial charge in [-0.05, 0) is 61.9 Å². The molecule has 2 fully saturated rings. The van der Waals surface area contributed by atoms with Gasteiger partial charge < -0.3 is 5.73 Å². The van der Waals surface area contributed by atoms with Crippen LogP contribution in [0.25, 0.3) is 0 Å². The van der Waals surface area contributed by atoms with Crippen LogP contribution in [-0.4, -0.2) is 23.0 Å². The smallest absolute Gasteiger partial charge is 0.133 e. The maximum absolute atomic E-state index is 13.6. The Labute approximate surface area is 131 Å². The average Bonchev–Trinajstić information content (AvgIpc) is 2.92. The number of thiocarbonyl (C=S) groups is 1. The Morgan fingerprint density at radius 1 is 1.19 bits per heavy atom. The molecule has 4 heteroatoms. The summed E-state index contributed by atoms with van der Waals surface area (Å²) in [6.45, 7) is 3.17. The maximum Gasteiger partial charge on any atom is 0.133 e. The van der Waals surface area contributed by atoms with Crippen molar-refractivity contribution in [3.05, 3.63) is 35.1 Å². The van der Waals surface area contributed by atoms with E-state index in [1.807, 2.05) is 6.07 Å². The van der Waals surface area contributed by atoms with Gasteiger partial charge in [0, 0.05) is 12.1 Å². The summed E-state index contributed by atoms with van der Waals surface area (Å²) in [7, 11) is 0. The molecule has 0 bridgehead atoms. The standard InChI is InChI=1S/C17H23FN2S/c18-15-4-3-13(11-14(15)16(19)21)12-20-9-7-17(8-10-20)5-1-2-6-17/h3-4,11H,1-2,5-10,12H2,(H2,19,21). The van der Waals surface area contributed by atoms with E-state index in [1.165, 1.54) is 44.6 Å². The van der Waals surface area contributed by atoms with E-state index in [2.05, 4.69) is 4.90 Å². The summed E-state index contributed by atoms with van der Waals surface area (Å²) >= 11 is 4.91. The van der Waals surface area contributed by atoms with Crippen LogP contribution in [-0.2, 0) is 6.54 Å². The Bertz CT molecular complexity index is 528. The number of likely N-dealkylation sites (tertiary alicyclic amines) is 1. The van der Waals surface area contributed by atoms with Crippen molar-refractivity contribution >= 4 is 17.2 Å². The second-order valence-electron chi connectivity index (χ2n) is 6.66. The minimum absolute atomic E-state index is 0.137. The summed E-state index contributed by atoms with van der Waals surface area (Å²) in [6.07, 6.45) is 8.29. The molecule has 1 saturated carbocycles. The molecule has 0 amide bonds. The van der Waals surface area contributed by atoms with Gasteiger partial charge in [-0.15, -0.1) is 0 Å². The number of hydrogen-bond acceptors (Lipinski definition) is 2. The highest BCUT2D eigenvalue weighted by atomic mass is 32.1. The number of hydrogen-bond donors (Lipinski definition) is 1. The molecular weight excluding hydrogens is 283 g/mol. The van der Waals surface area contributed by atoms with E-state index in [0.29, 0.717) is 11.0 Å². The van der Waals surface area contributed by atoms with Crippen LogP contribution in [0.2, 0.25) is 0 Å². The minimum atomic E-state index is -0.324. The summed E-state index contributed by atoms with van der Waals surface area (Å²) in [6, 6.07) is 5.13. The van der Waals surface area contributed by atoms with Gasteiger partial charge in [0.2, 0.25) is 0 Å². The molecule has 2 nitrogen and oxygen atoms in total. The van der Waals surface area contributed by atoms with Gasteiger partial charge in [0.05, 0.1) is 0 Å². The number of piperidine rings is 1. The lowest BCUT2D eigenvalue weighted by molar-refractivity contribution is 0.103. The van der Waals surface area contributed by atoms with Crippen molar-refractivity contribution in [1.82, 2.24) is 4.90 Å². The van der Waals surface area contributed by atoms with Gasteiger partial charge in [-0.25, -0.2) is 4.39 Å². The van der Waals surface area contributed by atoms with Gasteiger partial charge in [0.25, 0.3) is 0 Å². The highest BCUT2D eigenvalue weighted by molar-refractivity contribution is 7.80. The second-order valence-corrected chi connectivity index (χ2v) is 7.10. The van der Waals surface area contributed by atoms with Crippen LogP contribution < -0.4 is 5.73 Å². The zero-order valence-corrected chi connectivity index (χ0v) is 13.2. The predicted octanol–water partition coefficient (Wildman–Crippen LogP) is 3.62. The monoisotopic (exact) mass is 306 g/mol. The molecule has 1 aliphatic heterocycles. The van der Waals surface area contributed by atoms with Crippen LogP contribution in [0, 0.1) is 11.2 Å². The molecule has 2 N–H and O–H groups in total. The molecule has 1 aromatic rings. The summed E-state index contributed by atoms with van der Waals surface area (Å²) in [5.74, 6) is -0.324. The van der Waals surface area contributed by atoms with Crippen LogP contribution in [0.5, 0.6) is 0 Å². The van der Waals surface area contributed by atoms with E-state index in [0.717, 1.165) is 25.2 Å². The van der Waals surface area contributed by atoms with E-state index < -0.39 is 0 Å². The van der Waals surface area contributed by atoms with Crippen molar-refractivity contribution < 1.29 is 4.39 Å². The number of nitrogens with two attached hydrogens (primary N) is 1. The van der Waals surface area contributed by atoms with Crippen LogP contribution in [0.4, 0.5) is 4.39 Å². The Hall–Kier alpha value is -1.00. The maximum atomic E-state index is 13.6. The molecule has 1 saturated heterocycles. The fraction of sp³-hybridized carbons (Fsp3) is 0.588. The summed E-state index contributed by atoms with van der Waals surface area (Å²) in [4.78, 5) is 2.61. The highest BCUT2D eigenvalue weighted by Gasteiger charge is 2.36. The predicted molar refractivity (Wildman–Crippen MR) is 87.7 cm³/mol. The molecule has 1 heterocycles. The van der Waals surface area contributed by atoms with Crippen molar-refractivity contribution in [2.75, 3.05) is 13.1 Å². The molecule has 0 unspecified atom stereocenters. The third-order valence-corrected chi connectivity index (χ3v) is 5.50. The quantitative estimate of drug-likeness (QED) is 0.865. The minimum Gasteiger partial charge on any atom is -0.389 e. The Morgan fingerprint density at radius 3 is 2.48 bits per heavy atom. The largest absolute Gasteiger partial charge is 0.389 e. The van der Waals surface area contributed by atoms with Crippen LogP contribution in [0.1, 0.15) is 49.7 Å². The first kappa shape index (κ1) is 14.9. The number of benzene rings is 1. The van der Waals surface area contributed by atoms with Crippen LogP contribution in [0.3, 0.4) is 0 Å². The lowest BCUT2D eigenvalue weighted by Crippen LogP contribution is -2.38. The zero-order valence-electron chi connectivity index (χ0n) is 12.4. The molecule has 2 aliphatic rings. The third kappa shape index (κ3) is 3.27. The SMILES string of the molecule is NC(=S)c1cc(CN2CCC3(CCCC3)CC2)ccc1F. The molecule has 1 aliphatic carbocycles. The van der Waals surface area contributed by atoms with Gasteiger partial charge in [-0.3, -0.25) is 4.90 Å². The average molecular weight is 306 g/mol. The Kier molecular flexibility index (Phi) is 4.27. The van der Waals surface area contributed by atoms with Crippen LogP contribution in [0.15, 0.2) is 18.2 Å². The van der Waals surface area contributed by atoms with Crippen molar-refractivity contribution in [3.63, 3.8) is 0 Å². The first-order chi connectivity index (χ1) is 10.1. The Balaban J connectivity index is 1.63. The summed E-state index contributed by atoms with van der Waals surface area (Å²) < 4.78 is 13.6. The third-order valence-electron chi connectivity index (χ3n) is 5.28. The molecule has 0 atom stereocenters. The van der Waals surface area contributed by atoms with E-state index in [4.69, 9.17) is 18.0 Å². The summed E-state index contributed by atoms with van der Waals surface area (Å²) in [5, 5.41) is 0. The molecule has 114 valence electrons. The molecule has 0 radical (unpaired) electrons. The first-order valence-corrected chi connectivity index (χ1v) is 8.29. The molecular formula is C17H23FN2S. The topological polar surface area (TPSA) is 29.3 Å². The van der Waals surface area contributed by atoms with Gasteiger partial charge in [0.15, 0.2) is 0 Å². The molecule has 21 heavy (non-hydrogen) atoms. The number of nitrogens with zero attached hydrogens (tertiary/aromatic N) is 1. The fourth-order valence-corrected chi connectivity index (χ4v) is 4.08. The first-order valence-electron chi connectivity index (χ1n) is 7.89. The van der Waals surface area contributed by atoms with Gasteiger partial charge in [0.1, 0.15) is 10.8 Å². The van der Waals surface area contributed by atoms with E-state index in [1.54, 1.807) is 6.07 Å². The van der Waals surface area contributed by atoms with Gasteiger partial charge in [-0.2, -0.15) is 0 Å². The van der Waals surface area contributed by atoms with E-state index in [9.17, 15) is 4.39 Å². The van der Waals surface area contributed by atoms with E-state index in [-0.39, 0.29) is 10.8 Å². The van der Waals surface area contributed by atoms with Crippen molar-refractivity contribution in [2.45, 2.75) is 45.1 Å². The second kappa shape index (κ2) is 6.01. The highest BCUT2D eigenvalue weighted by Crippen LogP contribution is 2.46. The lowest BCUT2D eigenvalue weighted by atomic mass is 9.77. The van der Waals surface area contributed by atoms with Gasteiger partial charge in [-0.1, -0.05) is 31.1 Å². The molecule has 0 aromatic heterocycles. The van der Waals surface area contributed by atoms with Crippen molar-refractivity contribution in [3.8, 4) is 0 Å². The number of rotatable bonds is 3. The molecule has 1 spiro atoms. The number of halogens is 1. The molecule has 1 aromatic carbocycles. The Morgan fingerprint density at radius 2 is 1.86 bits per heavy atom. The zero-order chi connectivity index (χ0) is 14.9. The van der Waals surface area contributed by atoms with Crippen molar-refractivity contribution in [1.29, 1.82) is 0 Å². The fourth-order valence-electron chi connectivity index (χ4n) is 3.93.